The number of ketones is 1. The van der Waals surface area contributed by atoms with Crippen LogP contribution in [-0.2, 0) is 0 Å². The lowest BCUT2D eigenvalue weighted by Gasteiger charge is -2.44. The summed E-state index contributed by atoms with van der Waals surface area (Å²) in [5.41, 5.74) is 4.33. The number of carbonyl (C=O) groups excluding carboxylic acids is 2. The fourth-order valence-corrected chi connectivity index (χ4v) is 6.57. The molecule has 9 heteroatoms. The number of benzene rings is 2. The van der Waals surface area contributed by atoms with Gasteiger partial charge in [-0.2, -0.15) is 4.73 Å². The highest BCUT2D eigenvalue weighted by molar-refractivity contribution is 6.02. The molecular weight excluding hydrogens is 558 g/mol. The first-order valence-corrected chi connectivity index (χ1v) is 15.3. The van der Waals surface area contributed by atoms with Crippen molar-refractivity contribution in [3.63, 3.8) is 0 Å². The quantitative estimate of drug-likeness (QED) is 0.297. The van der Waals surface area contributed by atoms with E-state index in [0.29, 0.717) is 65.5 Å². The summed E-state index contributed by atoms with van der Waals surface area (Å²) in [7, 11) is 0. The third-order valence-electron chi connectivity index (χ3n) is 9.49. The fraction of sp³-hybridized carbons (Fsp3) is 0.371. The van der Waals surface area contributed by atoms with Gasteiger partial charge >= 0.3 is 5.97 Å². The number of amides is 1. The number of ether oxygens (including phenoxy) is 1. The Kier molecular flexibility index (Phi) is 6.72. The Hall–Kier alpha value is -4.66. The van der Waals surface area contributed by atoms with E-state index in [9.17, 15) is 19.5 Å². The van der Waals surface area contributed by atoms with Gasteiger partial charge in [0, 0.05) is 54.8 Å². The SMILES string of the molecule is Cc1ncc(-c2ccc3c(c2)C(=O)CC2(CCN(C(=O)c4ccc5c(C)cn(OC(C)C6CC6)c5c4)CC2)O3)cc1C(=O)O. The van der Waals surface area contributed by atoms with E-state index in [1.807, 2.05) is 40.1 Å². The summed E-state index contributed by atoms with van der Waals surface area (Å²) in [6.07, 6.45) is 7.46. The number of fused-ring (bicyclic) bond motifs is 2. The van der Waals surface area contributed by atoms with Crippen LogP contribution in [0.1, 0.15) is 81.4 Å². The van der Waals surface area contributed by atoms with Gasteiger partial charge in [0.2, 0.25) is 0 Å². The van der Waals surface area contributed by atoms with Crippen LogP contribution < -0.4 is 9.57 Å². The lowest BCUT2D eigenvalue weighted by atomic mass is 9.82. The summed E-state index contributed by atoms with van der Waals surface area (Å²) in [5, 5.41) is 10.6. The number of rotatable bonds is 6. The monoisotopic (exact) mass is 593 g/mol. The molecule has 226 valence electrons. The van der Waals surface area contributed by atoms with Crippen molar-refractivity contribution < 1.29 is 29.1 Å². The lowest BCUT2D eigenvalue weighted by Crippen LogP contribution is -2.52. The molecule has 1 N–H and O–H groups in total. The topological polar surface area (TPSA) is 111 Å². The van der Waals surface area contributed by atoms with Crippen LogP contribution in [0.4, 0.5) is 0 Å². The van der Waals surface area contributed by atoms with Crippen LogP contribution in [0.3, 0.4) is 0 Å². The van der Waals surface area contributed by atoms with Crippen LogP contribution in [0.25, 0.3) is 22.0 Å². The summed E-state index contributed by atoms with van der Waals surface area (Å²) < 4.78 is 8.31. The number of pyridine rings is 1. The third-order valence-corrected chi connectivity index (χ3v) is 9.49. The molecule has 1 aliphatic carbocycles. The van der Waals surface area contributed by atoms with Crippen molar-refractivity contribution in [3.05, 3.63) is 82.8 Å². The van der Waals surface area contributed by atoms with Crippen molar-refractivity contribution >= 4 is 28.6 Å². The van der Waals surface area contributed by atoms with Gasteiger partial charge in [-0.1, -0.05) is 12.1 Å². The van der Waals surface area contributed by atoms with E-state index in [1.54, 1.807) is 31.3 Å². The number of aromatic carboxylic acids is 1. The molecule has 0 bridgehead atoms. The second kappa shape index (κ2) is 10.5. The summed E-state index contributed by atoms with van der Waals surface area (Å²) in [6.45, 7) is 6.78. The number of carboxylic acids is 1. The molecule has 1 amide bonds. The van der Waals surface area contributed by atoms with Gasteiger partial charge in [0.15, 0.2) is 5.78 Å². The van der Waals surface area contributed by atoms with Gasteiger partial charge in [-0.15, -0.1) is 0 Å². The van der Waals surface area contributed by atoms with Gasteiger partial charge in [-0.05, 0) is 81.0 Å². The fourth-order valence-electron chi connectivity index (χ4n) is 6.57. The van der Waals surface area contributed by atoms with Crippen LogP contribution in [-0.4, -0.2) is 62.2 Å². The molecule has 9 nitrogen and oxygen atoms in total. The molecule has 4 heterocycles. The average molecular weight is 594 g/mol. The van der Waals surface area contributed by atoms with Gasteiger partial charge < -0.3 is 19.6 Å². The summed E-state index contributed by atoms with van der Waals surface area (Å²) in [4.78, 5) is 50.9. The molecule has 2 aromatic heterocycles. The first-order chi connectivity index (χ1) is 21.1. The molecular formula is C35H35N3O6. The Labute approximate surface area is 255 Å². The number of hydrogen-bond donors (Lipinski definition) is 1. The minimum atomic E-state index is -1.04. The lowest BCUT2D eigenvalue weighted by molar-refractivity contribution is -0.00571. The van der Waals surface area contributed by atoms with E-state index in [-0.39, 0.29) is 29.8 Å². The minimum Gasteiger partial charge on any atom is -0.486 e. The van der Waals surface area contributed by atoms with Crippen molar-refractivity contribution in [1.82, 2.24) is 14.6 Å². The van der Waals surface area contributed by atoms with E-state index in [4.69, 9.17) is 9.57 Å². The number of likely N-dealkylation sites (tertiary alicyclic amines) is 1. The molecule has 0 radical (unpaired) electrons. The summed E-state index contributed by atoms with van der Waals surface area (Å²) in [6, 6.07) is 12.7. The molecule has 1 atom stereocenters. The van der Waals surface area contributed by atoms with Gasteiger partial charge in [-0.25, -0.2) is 4.79 Å². The maximum absolute atomic E-state index is 13.6. The maximum Gasteiger partial charge on any atom is 0.337 e. The number of piperidine rings is 1. The predicted octanol–water partition coefficient (Wildman–Crippen LogP) is 5.89. The number of aromatic nitrogens is 2. The van der Waals surface area contributed by atoms with Crippen molar-refractivity contribution in [2.45, 2.75) is 64.6 Å². The van der Waals surface area contributed by atoms with Gasteiger partial charge in [-0.3, -0.25) is 14.6 Å². The highest BCUT2D eigenvalue weighted by atomic mass is 16.7. The number of Topliss-reactive ketones (excluding diaryl/α,β-unsaturated/α-hetero) is 1. The zero-order chi connectivity index (χ0) is 30.7. The molecule has 44 heavy (non-hydrogen) atoms. The summed E-state index contributed by atoms with van der Waals surface area (Å²) >= 11 is 0. The highest BCUT2D eigenvalue weighted by Gasteiger charge is 2.44. The largest absolute Gasteiger partial charge is 0.486 e. The summed E-state index contributed by atoms with van der Waals surface area (Å²) in [5.74, 6) is 0.0122. The molecule has 1 saturated carbocycles. The first kappa shape index (κ1) is 28.1. The normalized spacial score (nSPS) is 18.2. The smallest absolute Gasteiger partial charge is 0.337 e. The Bertz CT molecular complexity index is 1830. The number of aryl methyl sites for hydroxylation is 2. The van der Waals surface area contributed by atoms with Crippen LogP contribution in [0, 0.1) is 19.8 Å². The van der Waals surface area contributed by atoms with E-state index in [2.05, 4.69) is 18.8 Å². The highest BCUT2D eigenvalue weighted by Crippen LogP contribution is 2.41. The molecule has 1 spiro atoms. The van der Waals surface area contributed by atoms with E-state index < -0.39 is 11.6 Å². The minimum absolute atomic E-state index is 0.0200. The molecule has 3 aliphatic rings. The standard InChI is InChI=1S/C35H35N3O6/c1-20-19-38(44-22(3)23-4-5-23)30-16-25(6-8-27(20)30)33(40)37-12-10-35(11-13-37)17-31(39)29-14-24(7-9-32(29)43-35)26-15-28(34(41)42)21(2)36-18-26/h6-9,14-16,18-19,22-23H,4-5,10-13,17H2,1-3H3,(H,41,42). The zero-order valence-corrected chi connectivity index (χ0v) is 25.1. The zero-order valence-electron chi connectivity index (χ0n) is 25.1. The Balaban J connectivity index is 1.06. The molecule has 2 aromatic carbocycles. The van der Waals surface area contributed by atoms with Crippen LogP contribution in [0.2, 0.25) is 0 Å². The van der Waals surface area contributed by atoms with E-state index in [0.717, 1.165) is 16.5 Å². The van der Waals surface area contributed by atoms with Gasteiger partial charge in [0.25, 0.3) is 5.91 Å². The average Bonchev–Trinajstić information content (AvgIpc) is 3.82. The Morgan fingerprint density at radius 2 is 1.84 bits per heavy atom. The van der Waals surface area contributed by atoms with Gasteiger partial charge in [0.05, 0.1) is 28.8 Å². The van der Waals surface area contributed by atoms with E-state index in [1.165, 1.54) is 12.8 Å². The maximum atomic E-state index is 13.6. The molecule has 2 aliphatic heterocycles. The third kappa shape index (κ3) is 5.00. The van der Waals surface area contributed by atoms with E-state index >= 15 is 0 Å². The van der Waals surface area contributed by atoms with Crippen LogP contribution in [0.15, 0.2) is 54.9 Å². The van der Waals surface area contributed by atoms with Gasteiger partial charge in [0.1, 0.15) is 17.5 Å². The number of nitrogens with zero attached hydrogens (tertiary/aromatic N) is 3. The number of carbonyl (C=O) groups is 3. The molecule has 4 aromatic rings. The molecule has 2 fully saturated rings. The van der Waals surface area contributed by atoms with Crippen molar-refractivity contribution in [3.8, 4) is 16.9 Å². The van der Waals surface area contributed by atoms with Crippen LogP contribution >= 0.6 is 0 Å². The first-order valence-electron chi connectivity index (χ1n) is 15.3. The molecule has 1 unspecified atom stereocenters. The second-order valence-corrected chi connectivity index (χ2v) is 12.6. The molecule has 7 rings (SSSR count). The number of hydrogen-bond acceptors (Lipinski definition) is 6. The Morgan fingerprint density at radius 3 is 2.57 bits per heavy atom. The number of carboxylic acid groups (broad SMARTS) is 1. The van der Waals surface area contributed by atoms with Crippen molar-refractivity contribution in [2.24, 2.45) is 5.92 Å². The predicted molar refractivity (Wildman–Crippen MR) is 164 cm³/mol. The molecule has 1 saturated heterocycles. The van der Waals surface area contributed by atoms with Crippen molar-refractivity contribution in [2.75, 3.05) is 13.1 Å². The Morgan fingerprint density at radius 1 is 1.07 bits per heavy atom. The second-order valence-electron chi connectivity index (χ2n) is 12.6. The van der Waals surface area contributed by atoms with Crippen LogP contribution in [0.5, 0.6) is 5.75 Å². The van der Waals surface area contributed by atoms with Crippen molar-refractivity contribution in [1.29, 1.82) is 0 Å².